The number of aliphatic hydroxyl groups excluding tert-OH is 2. The molecular weight excluding hydrogens is 1280 g/mol. The van der Waals surface area contributed by atoms with Crippen LogP contribution in [-0.4, -0.2) is 47.6 Å². The summed E-state index contributed by atoms with van der Waals surface area (Å²) in [5.41, 5.74) is 1.51. The van der Waals surface area contributed by atoms with E-state index >= 15 is 0 Å². The van der Waals surface area contributed by atoms with Gasteiger partial charge in [0.25, 0.3) is 0 Å². The number of fused-ring (bicyclic) bond motifs is 10. The number of aliphatic hydroxyl groups is 2. The van der Waals surface area contributed by atoms with Crippen LogP contribution in [0.2, 0.25) is 0 Å². The van der Waals surface area contributed by atoms with E-state index in [1.165, 1.54) is 25.7 Å². The van der Waals surface area contributed by atoms with Gasteiger partial charge in [-0.3, -0.25) is 9.59 Å². The van der Waals surface area contributed by atoms with E-state index < -0.39 is 0 Å². The third kappa shape index (κ3) is 12.5. The molecule has 8 fully saturated rings. The normalized spacial score (nSPS) is 45.3. The Kier molecular flexibility index (Phi) is 27.5. The molecule has 0 spiro atoms. The fourth-order valence-electron chi connectivity index (χ4n) is 17.5. The fourth-order valence-corrected chi connectivity index (χ4v) is 17.5. The third-order valence-electron chi connectivity index (χ3n) is 21.9. The third-order valence-corrected chi connectivity index (χ3v) is 21.9. The molecule has 0 aromatic carbocycles. The fraction of sp³-hybridized carbons (Fsp3) is 0.889. The zero-order valence-electron chi connectivity index (χ0n) is 42.9. The summed E-state index contributed by atoms with van der Waals surface area (Å²) in [6.45, 7) is 22.6. The van der Waals surface area contributed by atoms with Gasteiger partial charge in [-0.05, 0) is 74.0 Å². The number of hydrogen-bond acceptors (Lipinski definition) is 6. The van der Waals surface area contributed by atoms with Crippen molar-refractivity contribution < 1.29 is 226 Å². The number of ether oxygens (including phenoxy) is 2. The molecule has 8 saturated carbocycles. The first-order chi connectivity index (χ1) is 28.3. The Bertz CT molecular complexity index is 1480. The molecule has 360 valence electrons. The van der Waals surface area contributed by atoms with Gasteiger partial charge in [-0.15, -0.1) is 0 Å². The Hall–Kier alpha value is 5.48. The van der Waals surface area contributed by atoms with E-state index in [9.17, 15) is 19.8 Å². The zero-order chi connectivity index (χ0) is 43.0. The van der Waals surface area contributed by atoms with Crippen molar-refractivity contribution in [1.29, 1.82) is 0 Å². The van der Waals surface area contributed by atoms with Crippen LogP contribution in [0.4, 0.5) is 0 Å². The number of carbonyl (C=O) groups excluding carboxylic acids is 2. The van der Waals surface area contributed by atoms with Crippen LogP contribution in [0.3, 0.4) is 0 Å². The van der Waals surface area contributed by atoms with Gasteiger partial charge in [0, 0.05) is 215 Å². The average Bonchev–Trinajstić information content (AvgIpc) is 3.75. The van der Waals surface area contributed by atoms with Crippen LogP contribution in [0, 0.1) is 123 Å². The molecule has 0 saturated heterocycles. The van der Waals surface area contributed by atoms with Gasteiger partial charge < -0.3 is 45.4 Å². The first kappa shape index (κ1) is 67.6. The first-order valence-electron chi connectivity index (χ1n) is 25.3. The van der Waals surface area contributed by atoms with Crippen LogP contribution in [0.1, 0.15) is 178 Å². The molecule has 8 rings (SSSR count). The Labute approximate surface area is 554 Å². The first-order valence-corrected chi connectivity index (χ1v) is 25.3. The van der Waals surface area contributed by atoms with Gasteiger partial charge in [0.2, 0.25) is 0 Å². The molecule has 0 aromatic heterocycles. The van der Waals surface area contributed by atoms with Crippen LogP contribution in [0.15, 0.2) is 0 Å². The van der Waals surface area contributed by atoms with Crippen molar-refractivity contribution in [2.45, 2.75) is 190 Å². The van der Waals surface area contributed by atoms with Crippen molar-refractivity contribution >= 4 is 11.9 Å². The van der Waals surface area contributed by atoms with Crippen molar-refractivity contribution in [3.05, 3.63) is 25.7 Å². The number of hydrogen-bond donors (Lipinski definition) is 2. The quantitative estimate of drug-likeness (QED) is 0.149. The van der Waals surface area contributed by atoms with Gasteiger partial charge in [-0.1, -0.05) is 134 Å². The molecule has 6 nitrogen and oxygen atoms in total. The Balaban J connectivity index is 0.00000249. The number of carbonyl (C=O) groups is 2. The van der Waals surface area contributed by atoms with Crippen molar-refractivity contribution in [2.24, 2.45) is 97.6 Å². The minimum Gasteiger partial charge on any atom is -0.465 e. The van der Waals surface area contributed by atoms with Gasteiger partial charge in [-0.25, -0.2) is 0 Å². The Morgan fingerprint density at radius 3 is 1.29 bits per heavy atom. The summed E-state index contributed by atoms with van der Waals surface area (Å²) < 4.78 is 11.5. The molecule has 8 aliphatic rings. The number of esters is 2. The predicted octanol–water partition coefficient (Wildman–Crippen LogP) is 11.6. The standard InChI is InChI=1S/C54H86O6.6Y/c1-34(32-59-47(57)20-10-35(2)41-16-18-43-45-14-12-37-30-39(55)22-24-51(37,6)53(45,8)28-26-49(41,43)4)33-60-48(58)21-11-36(3)42-17-19-44-46-15-13-38-31-40(56)23-25-52(38,7)54(46,9)29-27-50(42,44)5;;;;;;/h14-15,26-27,34-46,55-56H,10-13,16-25,28-33H2,1-9H3;;;;;;/q-4;;;;;;/t34?,35-,36-,37?,38?,39-,40-,41-,42-,43+,44+,45?,46?,49-,50-,51+,52+,53+,54+;;;;;;/m1....../s1. The molecule has 2 N–H and O–H groups in total. The smallest absolute Gasteiger partial charge is 0.305 e. The van der Waals surface area contributed by atoms with Crippen molar-refractivity contribution in [3.63, 3.8) is 0 Å². The van der Waals surface area contributed by atoms with Gasteiger partial charge in [0.15, 0.2) is 0 Å². The van der Waals surface area contributed by atoms with Crippen LogP contribution < -0.4 is 0 Å². The second-order valence-electron chi connectivity index (χ2n) is 24.5. The van der Waals surface area contributed by atoms with Gasteiger partial charge in [0.05, 0.1) is 25.4 Å². The summed E-state index contributed by atoms with van der Waals surface area (Å²) in [7, 11) is 0. The maximum Gasteiger partial charge on any atom is 0.305 e. The molecule has 0 aliphatic heterocycles. The second kappa shape index (κ2) is 26.9. The maximum absolute atomic E-state index is 13.0. The van der Waals surface area contributed by atoms with E-state index in [1.54, 1.807) is 0 Å². The topological polar surface area (TPSA) is 93.1 Å². The average molecular weight is 1360 g/mol. The summed E-state index contributed by atoms with van der Waals surface area (Å²) in [6, 6.07) is 0. The van der Waals surface area contributed by atoms with Gasteiger partial charge >= 0.3 is 11.9 Å². The molecule has 4 unspecified atom stereocenters. The van der Waals surface area contributed by atoms with Gasteiger partial charge in [-0.2, -0.15) is 48.3 Å². The summed E-state index contributed by atoms with van der Waals surface area (Å²) >= 11 is 0. The molecular formula is C54H86O6Y6-4. The predicted molar refractivity (Wildman–Crippen MR) is 238 cm³/mol. The van der Waals surface area contributed by atoms with Crippen molar-refractivity contribution in [2.75, 3.05) is 13.2 Å². The van der Waals surface area contributed by atoms with E-state index in [0.29, 0.717) is 82.9 Å². The van der Waals surface area contributed by atoms with E-state index in [1.807, 2.05) is 6.92 Å². The molecule has 12 heteroatoms. The largest absolute Gasteiger partial charge is 0.465 e. The summed E-state index contributed by atoms with van der Waals surface area (Å²) in [5, 5.41) is 21.0. The minimum atomic E-state index is -0.131. The van der Waals surface area contributed by atoms with Gasteiger partial charge in [0.1, 0.15) is 0 Å². The molecule has 6 radical (unpaired) electrons. The maximum atomic E-state index is 13.0. The summed E-state index contributed by atoms with van der Waals surface area (Å²) in [5.74, 6) is 5.56. The molecule has 0 bridgehead atoms. The molecule has 0 amide bonds. The van der Waals surface area contributed by atoms with Crippen LogP contribution in [0.25, 0.3) is 0 Å². The SMILES string of the molecule is CC(COC(=O)CC[C@@H](C)[C@H]1CC[C@H]2C3[CH-]CC4C[C@H](O)CC[C@]4(C)[C@@]3(C)C[CH-][C@]12C)COC(=O)CC[C@@H](C)[C@H]1CC[C@H]2C3[CH-]CC4C[C@H](O)CC[C@]4(C)[C@@]3(C)C[CH-][C@]12C.[Y].[Y].[Y].[Y].[Y].[Y]. The molecule has 66 heavy (non-hydrogen) atoms. The zero-order valence-corrected chi connectivity index (χ0v) is 60.0. The minimum absolute atomic E-state index is 0. The number of rotatable bonds is 12. The molecule has 18 atom stereocenters. The van der Waals surface area contributed by atoms with Crippen molar-refractivity contribution in [1.82, 2.24) is 0 Å². The Morgan fingerprint density at radius 2 is 0.924 bits per heavy atom. The van der Waals surface area contributed by atoms with E-state index in [2.05, 4.69) is 81.1 Å². The van der Waals surface area contributed by atoms with Crippen molar-refractivity contribution in [3.8, 4) is 0 Å². The van der Waals surface area contributed by atoms with E-state index in [4.69, 9.17) is 9.47 Å². The monoisotopic (exact) mass is 1360 g/mol. The second-order valence-corrected chi connectivity index (χ2v) is 24.5. The molecule has 0 heterocycles. The van der Waals surface area contributed by atoms with E-state index in [0.717, 1.165) is 77.0 Å². The summed E-state index contributed by atoms with van der Waals surface area (Å²) in [6.07, 6.45) is 28.9. The van der Waals surface area contributed by atoms with E-state index in [-0.39, 0.29) is 261 Å². The van der Waals surface area contributed by atoms with Crippen LogP contribution >= 0.6 is 0 Å². The van der Waals surface area contributed by atoms with Crippen LogP contribution in [0.5, 0.6) is 0 Å². The Morgan fingerprint density at radius 1 is 0.561 bits per heavy atom. The molecule has 0 aromatic rings. The van der Waals surface area contributed by atoms with Crippen LogP contribution in [-0.2, 0) is 215 Å². The summed E-state index contributed by atoms with van der Waals surface area (Å²) in [4.78, 5) is 26.1. The molecule has 8 aliphatic carbocycles.